The van der Waals surface area contributed by atoms with E-state index in [4.69, 9.17) is 4.42 Å². The molecule has 0 aliphatic heterocycles. The van der Waals surface area contributed by atoms with Crippen LogP contribution in [0.2, 0.25) is 0 Å². The van der Waals surface area contributed by atoms with Crippen LogP contribution in [0, 0.1) is 0 Å². The Morgan fingerprint density at radius 3 is 3.22 bits per heavy atom. The van der Waals surface area contributed by atoms with Gasteiger partial charge in [0, 0.05) is 0 Å². The number of rotatable bonds is 2. The van der Waals surface area contributed by atoms with Crippen LogP contribution in [0.4, 0.5) is 0 Å². The molecule has 3 nitrogen and oxygen atoms in total. The second-order valence-electron chi connectivity index (χ2n) is 1.43. The summed E-state index contributed by atoms with van der Waals surface area (Å²) >= 11 is 0. The van der Waals surface area contributed by atoms with E-state index < -0.39 is 0 Å². The van der Waals surface area contributed by atoms with E-state index in [1.165, 1.54) is 13.3 Å². The number of oxime groups is 1. The molecule has 1 heterocycles. The van der Waals surface area contributed by atoms with E-state index in [0.29, 0.717) is 5.76 Å². The van der Waals surface area contributed by atoms with Crippen LogP contribution >= 0.6 is 0 Å². The Kier molecular flexibility index (Phi) is 1.90. The van der Waals surface area contributed by atoms with E-state index in [0.717, 1.165) is 0 Å². The summed E-state index contributed by atoms with van der Waals surface area (Å²) in [5.41, 5.74) is 0. The molecule has 0 N–H and O–H groups in total. The fourth-order valence-corrected chi connectivity index (χ4v) is 0.469. The van der Waals surface area contributed by atoms with E-state index in [9.17, 15) is 0 Å². The zero-order valence-corrected chi connectivity index (χ0v) is 5.07. The van der Waals surface area contributed by atoms with Crippen molar-refractivity contribution >= 4 is 6.21 Å². The lowest BCUT2D eigenvalue weighted by atomic mass is 10.5. The summed E-state index contributed by atoms with van der Waals surface area (Å²) in [5, 5.41) is 3.50. The first kappa shape index (κ1) is 5.88. The molecule has 48 valence electrons. The predicted molar refractivity (Wildman–Crippen MR) is 33.3 cm³/mol. The van der Waals surface area contributed by atoms with Crippen molar-refractivity contribution in [1.82, 2.24) is 0 Å². The maximum absolute atomic E-state index is 4.91. The molecule has 0 aliphatic rings. The molecule has 1 aromatic rings. The molecule has 0 aliphatic carbocycles. The predicted octanol–water partition coefficient (Wildman–Crippen LogP) is 1.26. The van der Waals surface area contributed by atoms with E-state index in [1.807, 2.05) is 0 Å². The van der Waals surface area contributed by atoms with Gasteiger partial charge in [-0.15, -0.1) is 0 Å². The molecule has 0 spiro atoms. The minimum atomic E-state index is 0.692. The molecule has 0 atom stereocenters. The summed E-state index contributed by atoms with van der Waals surface area (Å²) in [4.78, 5) is 4.42. The lowest BCUT2D eigenvalue weighted by Gasteiger charge is -1.81. The zero-order chi connectivity index (χ0) is 6.53. The van der Waals surface area contributed by atoms with Gasteiger partial charge >= 0.3 is 0 Å². The molecule has 0 radical (unpaired) electrons. The molecule has 0 fully saturated rings. The molecule has 9 heavy (non-hydrogen) atoms. The van der Waals surface area contributed by atoms with Crippen molar-refractivity contribution in [2.45, 2.75) is 0 Å². The summed E-state index contributed by atoms with van der Waals surface area (Å²) in [6, 6.07) is 3.58. The quantitative estimate of drug-likeness (QED) is 0.440. The monoisotopic (exact) mass is 125 g/mol. The Labute approximate surface area is 52.9 Å². The van der Waals surface area contributed by atoms with Crippen LogP contribution in [0.25, 0.3) is 0 Å². The van der Waals surface area contributed by atoms with Gasteiger partial charge in [0.15, 0.2) is 0 Å². The number of furan rings is 1. The molecule has 1 rings (SSSR count). The molecule has 0 amide bonds. The van der Waals surface area contributed by atoms with Crippen molar-refractivity contribution in [2.75, 3.05) is 7.11 Å². The molecule has 0 aromatic carbocycles. The molecular weight excluding hydrogens is 118 g/mol. The van der Waals surface area contributed by atoms with Crippen LogP contribution in [0.3, 0.4) is 0 Å². The largest absolute Gasteiger partial charge is 0.463 e. The highest BCUT2D eigenvalue weighted by Gasteiger charge is 1.85. The highest BCUT2D eigenvalue weighted by Crippen LogP contribution is 1.94. The first-order valence-corrected chi connectivity index (χ1v) is 2.53. The lowest BCUT2D eigenvalue weighted by Crippen LogP contribution is -1.74. The second kappa shape index (κ2) is 2.91. The molecular formula is C6H7NO2. The third-order valence-electron chi connectivity index (χ3n) is 0.829. The normalized spacial score (nSPS) is 10.3. The van der Waals surface area contributed by atoms with Crippen molar-refractivity contribution in [3.8, 4) is 0 Å². The fourth-order valence-electron chi connectivity index (χ4n) is 0.469. The summed E-state index contributed by atoms with van der Waals surface area (Å²) < 4.78 is 4.91. The zero-order valence-electron chi connectivity index (χ0n) is 5.07. The highest BCUT2D eigenvalue weighted by molar-refractivity contribution is 5.74. The Hall–Kier alpha value is -1.25. The maximum atomic E-state index is 4.91. The number of hydrogen-bond acceptors (Lipinski definition) is 3. The Bertz CT molecular complexity index is 179. The van der Waals surface area contributed by atoms with Gasteiger partial charge in [0.1, 0.15) is 19.1 Å². The van der Waals surface area contributed by atoms with Gasteiger partial charge in [-0.3, -0.25) is 0 Å². The van der Waals surface area contributed by atoms with Gasteiger partial charge < -0.3 is 9.25 Å². The SMILES string of the molecule is CO/N=C/c1ccco1. The minimum absolute atomic E-state index is 0.692. The average Bonchev–Trinajstić information content (AvgIpc) is 2.34. The summed E-state index contributed by atoms with van der Waals surface area (Å²) in [7, 11) is 1.49. The topological polar surface area (TPSA) is 34.7 Å². The van der Waals surface area contributed by atoms with Crippen molar-refractivity contribution in [3.63, 3.8) is 0 Å². The molecule has 0 bridgehead atoms. The van der Waals surface area contributed by atoms with Crippen molar-refractivity contribution < 1.29 is 9.25 Å². The minimum Gasteiger partial charge on any atom is -0.463 e. The summed E-state index contributed by atoms with van der Waals surface area (Å²) in [6.45, 7) is 0. The standard InChI is InChI=1S/C6H7NO2/c1-8-7-5-6-3-2-4-9-6/h2-5H,1H3/b7-5+. The van der Waals surface area contributed by atoms with Crippen molar-refractivity contribution in [3.05, 3.63) is 24.2 Å². The van der Waals surface area contributed by atoms with Crippen LogP contribution < -0.4 is 0 Å². The summed E-state index contributed by atoms with van der Waals surface area (Å²) in [5.74, 6) is 0.692. The van der Waals surface area contributed by atoms with Crippen LogP contribution in [0.15, 0.2) is 28.0 Å². The lowest BCUT2D eigenvalue weighted by molar-refractivity contribution is 0.215. The van der Waals surface area contributed by atoms with Gasteiger partial charge in [-0.2, -0.15) is 0 Å². The Morgan fingerprint density at radius 2 is 2.67 bits per heavy atom. The third-order valence-corrected chi connectivity index (χ3v) is 0.829. The van der Waals surface area contributed by atoms with Gasteiger partial charge in [0.05, 0.1) is 6.26 Å². The first-order valence-electron chi connectivity index (χ1n) is 2.53. The van der Waals surface area contributed by atoms with Crippen molar-refractivity contribution in [2.24, 2.45) is 5.16 Å². The average molecular weight is 125 g/mol. The molecule has 0 saturated carbocycles. The van der Waals surface area contributed by atoms with Gasteiger partial charge in [0.25, 0.3) is 0 Å². The molecule has 0 saturated heterocycles. The molecule has 0 unspecified atom stereocenters. The highest BCUT2D eigenvalue weighted by atomic mass is 16.6. The Balaban J connectivity index is 2.57. The van der Waals surface area contributed by atoms with Gasteiger partial charge in [-0.25, -0.2) is 0 Å². The number of nitrogens with zero attached hydrogens (tertiary/aromatic N) is 1. The van der Waals surface area contributed by atoms with Crippen LogP contribution in [0.1, 0.15) is 5.76 Å². The van der Waals surface area contributed by atoms with Gasteiger partial charge in [-0.1, -0.05) is 5.16 Å². The number of hydrogen-bond donors (Lipinski definition) is 0. The van der Waals surface area contributed by atoms with Gasteiger partial charge in [0.2, 0.25) is 0 Å². The van der Waals surface area contributed by atoms with E-state index in [2.05, 4.69) is 9.99 Å². The molecule has 3 heteroatoms. The second-order valence-corrected chi connectivity index (χ2v) is 1.43. The molecule has 1 aromatic heterocycles. The van der Waals surface area contributed by atoms with Crippen LogP contribution in [0.5, 0.6) is 0 Å². The van der Waals surface area contributed by atoms with E-state index >= 15 is 0 Å². The smallest absolute Gasteiger partial charge is 0.148 e. The van der Waals surface area contributed by atoms with Crippen LogP contribution in [-0.4, -0.2) is 13.3 Å². The van der Waals surface area contributed by atoms with E-state index in [-0.39, 0.29) is 0 Å². The van der Waals surface area contributed by atoms with E-state index in [1.54, 1.807) is 18.4 Å². The maximum Gasteiger partial charge on any atom is 0.148 e. The summed E-state index contributed by atoms with van der Waals surface area (Å²) in [6.07, 6.45) is 3.08. The van der Waals surface area contributed by atoms with Crippen molar-refractivity contribution in [1.29, 1.82) is 0 Å². The van der Waals surface area contributed by atoms with Crippen LogP contribution in [-0.2, 0) is 4.84 Å². The van der Waals surface area contributed by atoms with Gasteiger partial charge in [-0.05, 0) is 12.1 Å². The Morgan fingerprint density at radius 1 is 1.78 bits per heavy atom. The first-order chi connectivity index (χ1) is 4.43. The fraction of sp³-hybridized carbons (Fsp3) is 0.167. The third kappa shape index (κ3) is 1.60.